The molecule has 0 radical (unpaired) electrons. The Morgan fingerprint density at radius 2 is 2.31 bits per heavy atom. The SMILES string of the molecule is CC1COCCN1c1cc(Br)cc(CN)c1. The van der Waals surface area contributed by atoms with Gasteiger partial charge in [0.05, 0.1) is 13.2 Å². The van der Waals surface area contributed by atoms with Crippen LogP contribution in [-0.4, -0.2) is 25.8 Å². The van der Waals surface area contributed by atoms with Crippen LogP contribution in [0.5, 0.6) is 0 Å². The monoisotopic (exact) mass is 284 g/mol. The van der Waals surface area contributed by atoms with E-state index >= 15 is 0 Å². The summed E-state index contributed by atoms with van der Waals surface area (Å²) in [6.45, 7) is 5.30. The van der Waals surface area contributed by atoms with Crippen LogP contribution in [0.4, 0.5) is 5.69 Å². The first-order valence-corrected chi connectivity index (χ1v) is 6.34. The van der Waals surface area contributed by atoms with Gasteiger partial charge in [0.25, 0.3) is 0 Å². The van der Waals surface area contributed by atoms with Crippen LogP contribution in [-0.2, 0) is 11.3 Å². The molecule has 1 atom stereocenters. The molecule has 0 saturated carbocycles. The minimum absolute atomic E-state index is 0.425. The Morgan fingerprint density at radius 1 is 1.50 bits per heavy atom. The standard InChI is InChI=1S/C12H17BrN2O/c1-9-8-16-3-2-15(9)12-5-10(7-14)4-11(13)6-12/h4-6,9H,2-3,7-8,14H2,1H3. The predicted molar refractivity (Wildman–Crippen MR) is 69.7 cm³/mol. The van der Waals surface area contributed by atoms with Gasteiger partial charge in [-0.15, -0.1) is 0 Å². The van der Waals surface area contributed by atoms with E-state index < -0.39 is 0 Å². The molecule has 0 amide bonds. The number of ether oxygens (including phenoxy) is 1. The number of nitrogens with zero attached hydrogens (tertiary/aromatic N) is 1. The summed E-state index contributed by atoms with van der Waals surface area (Å²) in [5.41, 5.74) is 8.07. The largest absolute Gasteiger partial charge is 0.377 e. The average Bonchev–Trinajstić information content (AvgIpc) is 2.28. The van der Waals surface area contributed by atoms with Crippen LogP contribution in [0.3, 0.4) is 0 Å². The molecule has 2 rings (SSSR count). The lowest BCUT2D eigenvalue weighted by atomic mass is 10.1. The fourth-order valence-electron chi connectivity index (χ4n) is 2.03. The molecular weight excluding hydrogens is 268 g/mol. The lowest BCUT2D eigenvalue weighted by molar-refractivity contribution is 0.0989. The first-order valence-electron chi connectivity index (χ1n) is 5.54. The quantitative estimate of drug-likeness (QED) is 0.904. The topological polar surface area (TPSA) is 38.5 Å². The highest BCUT2D eigenvalue weighted by atomic mass is 79.9. The van der Waals surface area contributed by atoms with Crippen molar-refractivity contribution in [1.82, 2.24) is 0 Å². The van der Waals surface area contributed by atoms with Crippen molar-refractivity contribution in [3.05, 3.63) is 28.2 Å². The smallest absolute Gasteiger partial charge is 0.0668 e. The Morgan fingerprint density at radius 3 is 3.00 bits per heavy atom. The molecule has 16 heavy (non-hydrogen) atoms. The van der Waals surface area contributed by atoms with Crippen LogP contribution >= 0.6 is 15.9 Å². The highest BCUT2D eigenvalue weighted by Crippen LogP contribution is 2.25. The highest BCUT2D eigenvalue weighted by molar-refractivity contribution is 9.10. The van der Waals surface area contributed by atoms with E-state index in [1.54, 1.807) is 0 Å². The third-order valence-corrected chi connectivity index (χ3v) is 3.34. The molecular formula is C12H17BrN2O. The molecule has 3 nitrogen and oxygen atoms in total. The number of hydrogen-bond donors (Lipinski definition) is 1. The Labute approximate surface area is 105 Å². The minimum Gasteiger partial charge on any atom is -0.377 e. The summed E-state index contributed by atoms with van der Waals surface area (Å²) in [6, 6.07) is 6.79. The molecule has 0 spiro atoms. The molecule has 1 fully saturated rings. The molecule has 1 aliphatic heterocycles. The lowest BCUT2D eigenvalue weighted by Crippen LogP contribution is -2.43. The van der Waals surface area contributed by atoms with Crippen molar-refractivity contribution < 1.29 is 4.74 Å². The molecule has 0 aliphatic carbocycles. The zero-order chi connectivity index (χ0) is 11.5. The molecule has 4 heteroatoms. The van der Waals surface area contributed by atoms with Gasteiger partial charge in [-0.05, 0) is 30.7 Å². The third kappa shape index (κ3) is 2.56. The van der Waals surface area contributed by atoms with Crippen LogP contribution in [0.25, 0.3) is 0 Å². The zero-order valence-electron chi connectivity index (χ0n) is 9.45. The van der Waals surface area contributed by atoms with Gasteiger partial charge in [0.15, 0.2) is 0 Å². The minimum atomic E-state index is 0.425. The molecule has 2 N–H and O–H groups in total. The van der Waals surface area contributed by atoms with Gasteiger partial charge >= 0.3 is 0 Å². The number of rotatable bonds is 2. The lowest BCUT2D eigenvalue weighted by Gasteiger charge is -2.35. The van der Waals surface area contributed by atoms with Gasteiger partial charge in [0.1, 0.15) is 0 Å². The van der Waals surface area contributed by atoms with Gasteiger partial charge < -0.3 is 15.4 Å². The fourth-order valence-corrected chi connectivity index (χ4v) is 2.56. The maximum Gasteiger partial charge on any atom is 0.0668 e. The predicted octanol–water partition coefficient (Wildman–Crippen LogP) is 2.13. The highest BCUT2D eigenvalue weighted by Gasteiger charge is 2.19. The van der Waals surface area contributed by atoms with E-state index in [0.717, 1.165) is 29.8 Å². The molecule has 0 bridgehead atoms. The summed E-state index contributed by atoms with van der Waals surface area (Å²) >= 11 is 3.53. The average molecular weight is 285 g/mol. The van der Waals surface area contributed by atoms with Crippen molar-refractivity contribution in [1.29, 1.82) is 0 Å². The fraction of sp³-hybridized carbons (Fsp3) is 0.500. The van der Waals surface area contributed by atoms with Crippen LogP contribution in [0.1, 0.15) is 12.5 Å². The zero-order valence-corrected chi connectivity index (χ0v) is 11.0. The summed E-state index contributed by atoms with van der Waals surface area (Å²) in [5, 5.41) is 0. The van der Waals surface area contributed by atoms with Crippen LogP contribution in [0, 0.1) is 0 Å². The van der Waals surface area contributed by atoms with E-state index in [-0.39, 0.29) is 0 Å². The van der Waals surface area contributed by atoms with Gasteiger partial charge in [-0.1, -0.05) is 15.9 Å². The van der Waals surface area contributed by atoms with Gasteiger partial charge in [0.2, 0.25) is 0 Å². The Kier molecular flexibility index (Phi) is 3.84. The molecule has 1 aromatic rings. The summed E-state index contributed by atoms with van der Waals surface area (Å²) in [4.78, 5) is 2.37. The Bertz CT molecular complexity index is 370. The number of halogens is 1. The first kappa shape index (κ1) is 11.9. The van der Waals surface area contributed by atoms with Gasteiger partial charge in [0, 0.05) is 29.3 Å². The molecule has 1 unspecified atom stereocenters. The summed E-state index contributed by atoms with van der Waals surface area (Å²) < 4.78 is 6.53. The second-order valence-electron chi connectivity index (χ2n) is 4.14. The van der Waals surface area contributed by atoms with Gasteiger partial charge in [-0.25, -0.2) is 0 Å². The van der Waals surface area contributed by atoms with E-state index in [4.69, 9.17) is 10.5 Å². The van der Waals surface area contributed by atoms with E-state index in [1.165, 1.54) is 5.69 Å². The summed E-state index contributed by atoms with van der Waals surface area (Å²) in [5.74, 6) is 0. The number of nitrogens with two attached hydrogens (primary N) is 1. The second kappa shape index (κ2) is 5.17. The van der Waals surface area contributed by atoms with Crippen molar-refractivity contribution in [2.45, 2.75) is 19.5 Å². The number of morpholine rings is 1. The maximum absolute atomic E-state index is 5.69. The molecule has 0 aromatic heterocycles. The van der Waals surface area contributed by atoms with Gasteiger partial charge in [-0.2, -0.15) is 0 Å². The van der Waals surface area contributed by atoms with E-state index in [0.29, 0.717) is 12.6 Å². The van der Waals surface area contributed by atoms with E-state index in [9.17, 15) is 0 Å². The molecule has 1 saturated heterocycles. The summed E-state index contributed by atoms with van der Waals surface area (Å²) in [6.07, 6.45) is 0. The number of hydrogen-bond acceptors (Lipinski definition) is 3. The maximum atomic E-state index is 5.69. The van der Waals surface area contributed by atoms with E-state index in [1.807, 2.05) is 0 Å². The van der Waals surface area contributed by atoms with Crippen molar-refractivity contribution in [2.24, 2.45) is 5.73 Å². The summed E-state index contributed by atoms with van der Waals surface area (Å²) in [7, 11) is 0. The molecule has 1 heterocycles. The molecule has 1 aromatic carbocycles. The van der Waals surface area contributed by atoms with Crippen LogP contribution < -0.4 is 10.6 Å². The number of benzene rings is 1. The van der Waals surface area contributed by atoms with Gasteiger partial charge in [-0.3, -0.25) is 0 Å². The van der Waals surface area contributed by atoms with Crippen molar-refractivity contribution in [2.75, 3.05) is 24.7 Å². The normalized spacial score (nSPS) is 21.2. The van der Waals surface area contributed by atoms with Crippen LogP contribution in [0.15, 0.2) is 22.7 Å². The molecule has 1 aliphatic rings. The van der Waals surface area contributed by atoms with Crippen molar-refractivity contribution >= 4 is 21.6 Å². The van der Waals surface area contributed by atoms with Crippen LogP contribution in [0.2, 0.25) is 0 Å². The molecule has 88 valence electrons. The van der Waals surface area contributed by atoms with Crippen molar-refractivity contribution in [3.63, 3.8) is 0 Å². The first-order chi connectivity index (χ1) is 7.70. The number of anilines is 1. The third-order valence-electron chi connectivity index (χ3n) is 2.88. The van der Waals surface area contributed by atoms with Crippen molar-refractivity contribution in [3.8, 4) is 0 Å². The van der Waals surface area contributed by atoms with E-state index in [2.05, 4.69) is 46.0 Å². The Hall–Kier alpha value is -0.580. The Balaban J connectivity index is 2.27. The second-order valence-corrected chi connectivity index (χ2v) is 5.05.